The first kappa shape index (κ1) is 24.5. The molecule has 2 aromatic rings. The number of benzene rings is 1. The van der Waals surface area contributed by atoms with Gasteiger partial charge in [-0.15, -0.1) is 0 Å². The van der Waals surface area contributed by atoms with E-state index in [-0.39, 0.29) is 24.0 Å². The van der Waals surface area contributed by atoms with Crippen LogP contribution in [0.1, 0.15) is 31.3 Å². The third kappa shape index (κ3) is 6.88. The number of carbonyl (C=O) groups is 1. The maximum atomic E-state index is 12.3. The van der Waals surface area contributed by atoms with Crippen molar-refractivity contribution in [1.82, 2.24) is 10.0 Å². The molecule has 1 aromatic heterocycles. The Kier molecular flexibility index (Phi) is 7.93. The van der Waals surface area contributed by atoms with Gasteiger partial charge in [-0.25, -0.2) is 13.1 Å². The molecule has 0 fully saturated rings. The van der Waals surface area contributed by atoms with E-state index >= 15 is 0 Å². The lowest BCUT2D eigenvalue weighted by Crippen LogP contribution is -2.40. The molecule has 0 aliphatic heterocycles. The zero-order chi connectivity index (χ0) is 23.2. The summed E-state index contributed by atoms with van der Waals surface area (Å²) in [6, 6.07) is 7.54. The van der Waals surface area contributed by atoms with E-state index in [9.17, 15) is 18.3 Å². The largest absolute Gasteiger partial charge is 0.493 e. The quantitative estimate of drug-likeness (QED) is 0.490. The van der Waals surface area contributed by atoms with Crippen LogP contribution in [0, 0.1) is 0 Å². The van der Waals surface area contributed by atoms with Crippen molar-refractivity contribution in [1.29, 1.82) is 0 Å². The van der Waals surface area contributed by atoms with Gasteiger partial charge < -0.3 is 29.1 Å². The molecule has 2 rings (SSSR count). The molecule has 10 nitrogen and oxygen atoms in total. The first-order chi connectivity index (χ1) is 14.5. The summed E-state index contributed by atoms with van der Waals surface area (Å²) < 4.78 is 48.1. The standard InChI is InChI=1S/C20H28N2O8S/c1-20(2,3)22-31(25,26)17-10-9-16(30-17)19(24)21-11-13(23)12-29-18-14(27-4)7-6-8-15(18)28-5/h6-10,13,22-23H,11-12H2,1-5H3,(H,21,24). The fraction of sp³-hybridized carbons (Fsp3) is 0.450. The minimum Gasteiger partial charge on any atom is -0.493 e. The Balaban J connectivity index is 1.93. The van der Waals surface area contributed by atoms with Gasteiger partial charge in [-0.1, -0.05) is 6.07 Å². The average Bonchev–Trinajstić information content (AvgIpc) is 3.19. The first-order valence-corrected chi connectivity index (χ1v) is 10.9. The number of aliphatic hydroxyl groups excluding tert-OH is 1. The SMILES string of the molecule is COc1cccc(OC)c1OCC(O)CNC(=O)c1ccc(S(=O)(=O)NC(C)(C)C)o1. The third-order valence-corrected chi connectivity index (χ3v) is 5.44. The van der Waals surface area contributed by atoms with Gasteiger partial charge in [-0.05, 0) is 45.0 Å². The number of hydrogen-bond donors (Lipinski definition) is 3. The Labute approximate surface area is 181 Å². The van der Waals surface area contributed by atoms with Gasteiger partial charge in [0.2, 0.25) is 10.8 Å². The number of aliphatic hydroxyl groups is 1. The summed E-state index contributed by atoms with van der Waals surface area (Å²) in [5.74, 6) is 0.317. The van der Waals surface area contributed by atoms with Gasteiger partial charge in [0.1, 0.15) is 12.7 Å². The normalized spacial score (nSPS) is 12.8. The van der Waals surface area contributed by atoms with Gasteiger partial charge in [0.15, 0.2) is 17.3 Å². The second-order valence-electron chi connectivity index (χ2n) is 7.64. The maximum Gasteiger partial charge on any atom is 0.287 e. The maximum absolute atomic E-state index is 12.3. The van der Waals surface area contributed by atoms with Crippen LogP contribution in [0.3, 0.4) is 0 Å². The van der Waals surface area contributed by atoms with Gasteiger partial charge in [0.25, 0.3) is 15.9 Å². The van der Waals surface area contributed by atoms with Gasteiger partial charge in [-0.2, -0.15) is 0 Å². The van der Waals surface area contributed by atoms with E-state index in [1.807, 2.05) is 0 Å². The number of amides is 1. The molecular weight excluding hydrogens is 428 g/mol. The average molecular weight is 457 g/mol. The molecule has 0 aliphatic rings. The van der Waals surface area contributed by atoms with E-state index in [1.54, 1.807) is 39.0 Å². The van der Waals surface area contributed by atoms with Gasteiger partial charge >= 0.3 is 0 Å². The van der Waals surface area contributed by atoms with Crippen LogP contribution in [0.5, 0.6) is 17.2 Å². The third-order valence-electron chi connectivity index (χ3n) is 3.81. The van der Waals surface area contributed by atoms with Crippen molar-refractivity contribution >= 4 is 15.9 Å². The van der Waals surface area contributed by atoms with E-state index in [2.05, 4.69) is 10.0 Å². The zero-order valence-corrected chi connectivity index (χ0v) is 18.9. The van der Waals surface area contributed by atoms with Crippen LogP contribution in [0.15, 0.2) is 39.8 Å². The number of sulfonamides is 1. The van der Waals surface area contributed by atoms with Crippen molar-refractivity contribution in [2.24, 2.45) is 0 Å². The minimum atomic E-state index is -3.90. The van der Waals surface area contributed by atoms with Crippen molar-refractivity contribution in [3.8, 4) is 17.2 Å². The molecule has 0 radical (unpaired) electrons. The fourth-order valence-corrected chi connectivity index (χ4v) is 3.89. The lowest BCUT2D eigenvalue weighted by Gasteiger charge is -2.19. The van der Waals surface area contributed by atoms with Crippen molar-refractivity contribution in [3.63, 3.8) is 0 Å². The number of carbonyl (C=O) groups excluding carboxylic acids is 1. The lowest BCUT2D eigenvalue weighted by atomic mass is 10.1. The number of hydrogen-bond acceptors (Lipinski definition) is 8. The second kappa shape index (κ2) is 10.0. The van der Waals surface area contributed by atoms with E-state index in [1.165, 1.54) is 26.4 Å². The molecule has 0 saturated heterocycles. The van der Waals surface area contributed by atoms with Crippen LogP contribution in [0.2, 0.25) is 0 Å². The summed E-state index contributed by atoms with van der Waals surface area (Å²) in [7, 11) is -0.946. The summed E-state index contributed by atoms with van der Waals surface area (Å²) in [5, 5.41) is 12.2. The highest BCUT2D eigenvalue weighted by atomic mass is 32.2. The Morgan fingerprint density at radius 3 is 2.29 bits per heavy atom. The molecule has 1 atom stereocenters. The molecule has 0 bridgehead atoms. The predicted molar refractivity (Wildman–Crippen MR) is 112 cm³/mol. The summed E-state index contributed by atoms with van der Waals surface area (Å²) in [5.41, 5.74) is -0.706. The molecule has 172 valence electrons. The number of rotatable bonds is 10. The summed E-state index contributed by atoms with van der Waals surface area (Å²) in [6.07, 6.45) is -1.06. The van der Waals surface area contributed by atoms with E-state index in [0.29, 0.717) is 17.2 Å². The predicted octanol–water partition coefficient (Wildman–Crippen LogP) is 1.54. The summed E-state index contributed by atoms with van der Waals surface area (Å²) >= 11 is 0. The molecule has 11 heteroatoms. The molecule has 0 spiro atoms. The van der Waals surface area contributed by atoms with Gasteiger partial charge in [-0.3, -0.25) is 4.79 Å². The minimum absolute atomic E-state index is 0.149. The molecule has 3 N–H and O–H groups in total. The molecule has 0 aliphatic carbocycles. The van der Waals surface area contributed by atoms with Crippen LogP contribution in [0.25, 0.3) is 0 Å². The Hall–Kier alpha value is -2.76. The molecule has 1 aromatic carbocycles. The first-order valence-electron chi connectivity index (χ1n) is 9.40. The van der Waals surface area contributed by atoms with E-state index in [4.69, 9.17) is 18.6 Å². The number of methoxy groups -OCH3 is 2. The van der Waals surface area contributed by atoms with Crippen LogP contribution in [0.4, 0.5) is 0 Å². The highest BCUT2D eigenvalue weighted by Gasteiger charge is 2.26. The Morgan fingerprint density at radius 2 is 1.74 bits per heavy atom. The molecule has 1 unspecified atom stereocenters. The van der Waals surface area contributed by atoms with Crippen molar-refractivity contribution in [2.45, 2.75) is 37.5 Å². The van der Waals surface area contributed by atoms with Crippen molar-refractivity contribution in [3.05, 3.63) is 36.1 Å². The molecule has 31 heavy (non-hydrogen) atoms. The zero-order valence-electron chi connectivity index (χ0n) is 18.1. The fourth-order valence-electron chi connectivity index (χ4n) is 2.54. The van der Waals surface area contributed by atoms with Crippen LogP contribution >= 0.6 is 0 Å². The Morgan fingerprint density at radius 1 is 1.13 bits per heavy atom. The molecule has 1 heterocycles. The monoisotopic (exact) mass is 456 g/mol. The van der Waals surface area contributed by atoms with E-state index in [0.717, 1.165) is 0 Å². The number of furan rings is 1. The number of nitrogens with one attached hydrogen (secondary N) is 2. The van der Waals surface area contributed by atoms with Crippen LogP contribution in [-0.2, 0) is 10.0 Å². The van der Waals surface area contributed by atoms with Crippen molar-refractivity contribution < 1.29 is 36.9 Å². The highest BCUT2D eigenvalue weighted by Crippen LogP contribution is 2.36. The molecular formula is C20H28N2O8S. The molecule has 1 amide bonds. The summed E-state index contributed by atoms with van der Waals surface area (Å²) in [6.45, 7) is 4.76. The van der Waals surface area contributed by atoms with E-state index < -0.39 is 27.6 Å². The van der Waals surface area contributed by atoms with Crippen molar-refractivity contribution in [2.75, 3.05) is 27.4 Å². The van der Waals surface area contributed by atoms with Gasteiger partial charge in [0, 0.05) is 12.1 Å². The highest BCUT2D eigenvalue weighted by molar-refractivity contribution is 7.89. The molecule has 0 saturated carbocycles. The topological polar surface area (TPSA) is 136 Å². The second-order valence-corrected chi connectivity index (χ2v) is 9.25. The number of para-hydroxylation sites is 1. The van der Waals surface area contributed by atoms with Crippen LogP contribution in [-0.4, -0.2) is 58.4 Å². The summed E-state index contributed by atoms with van der Waals surface area (Å²) in [4.78, 5) is 12.2. The lowest BCUT2D eigenvalue weighted by molar-refractivity contribution is 0.0809. The smallest absolute Gasteiger partial charge is 0.287 e. The Bertz CT molecular complexity index is 973. The van der Waals surface area contributed by atoms with Gasteiger partial charge in [0.05, 0.1) is 14.2 Å². The van der Waals surface area contributed by atoms with Crippen LogP contribution < -0.4 is 24.2 Å². The number of ether oxygens (including phenoxy) is 3.